The molecule has 0 spiro atoms. The Bertz CT molecular complexity index is 525. The van der Waals surface area contributed by atoms with Gasteiger partial charge in [-0.3, -0.25) is 4.79 Å². The van der Waals surface area contributed by atoms with Crippen molar-refractivity contribution in [3.63, 3.8) is 0 Å². The van der Waals surface area contributed by atoms with Crippen molar-refractivity contribution in [1.29, 1.82) is 0 Å². The van der Waals surface area contributed by atoms with Crippen LogP contribution < -0.4 is 9.47 Å². The van der Waals surface area contributed by atoms with E-state index in [0.29, 0.717) is 37.4 Å². The molecule has 0 aromatic heterocycles. The molecule has 1 amide bonds. The average Bonchev–Trinajstić information content (AvgIpc) is 2.54. The average molecular weight is 293 g/mol. The van der Waals surface area contributed by atoms with Crippen molar-refractivity contribution in [2.24, 2.45) is 0 Å². The van der Waals surface area contributed by atoms with Crippen LogP contribution in [0.2, 0.25) is 0 Å². The number of rotatable bonds is 2. The summed E-state index contributed by atoms with van der Waals surface area (Å²) in [4.78, 5) is 14.1. The van der Waals surface area contributed by atoms with Crippen molar-refractivity contribution in [3.05, 3.63) is 24.3 Å². The molecule has 6 nitrogen and oxygen atoms in total. The summed E-state index contributed by atoms with van der Waals surface area (Å²) in [5.74, 6) is 1.09. The lowest BCUT2D eigenvalue weighted by atomic mass is 9.92. The maximum absolute atomic E-state index is 12.4. The number of likely N-dealkylation sites (tertiary alicyclic amines) is 1. The summed E-state index contributed by atoms with van der Waals surface area (Å²) in [6, 6.07) is 7.26. The zero-order chi connectivity index (χ0) is 14.9. The fourth-order valence-electron chi connectivity index (χ4n) is 2.65. The Labute approximate surface area is 122 Å². The first-order valence-electron chi connectivity index (χ1n) is 7.12. The number of ether oxygens (including phenoxy) is 2. The summed E-state index contributed by atoms with van der Waals surface area (Å²) >= 11 is 0. The van der Waals surface area contributed by atoms with Gasteiger partial charge in [0.2, 0.25) is 6.10 Å². The van der Waals surface area contributed by atoms with Gasteiger partial charge < -0.3 is 24.6 Å². The van der Waals surface area contributed by atoms with Crippen LogP contribution in [0.5, 0.6) is 11.5 Å². The van der Waals surface area contributed by atoms with Gasteiger partial charge in [0, 0.05) is 13.1 Å². The minimum Gasteiger partial charge on any atom is -0.485 e. The fourth-order valence-corrected chi connectivity index (χ4v) is 2.65. The first-order valence-corrected chi connectivity index (χ1v) is 7.12. The van der Waals surface area contributed by atoms with Gasteiger partial charge >= 0.3 is 0 Å². The van der Waals surface area contributed by atoms with E-state index >= 15 is 0 Å². The molecular weight excluding hydrogens is 274 g/mol. The van der Waals surface area contributed by atoms with Crippen molar-refractivity contribution in [2.75, 3.05) is 26.3 Å². The standard InChI is InChI=1S/C15H19NO5/c17-10-15(19)5-7-16(8-6-15)14(18)13-9-20-11-3-1-2-4-12(11)21-13/h1-4,13,17,19H,5-10H2/t13-/m1/s1. The van der Waals surface area contributed by atoms with E-state index in [1.54, 1.807) is 17.0 Å². The van der Waals surface area contributed by atoms with Crippen LogP contribution in [0, 0.1) is 0 Å². The molecule has 1 atom stereocenters. The second-order valence-corrected chi connectivity index (χ2v) is 5.57. The third kappa shape index (κ3) is 2.82. The van der Waals surface area contributed by atoms with Gasteiger partial charge in [0.1, 0.15) is 6.61 Å². The summed E-state index contributed by atoms with van der Waals surface area (Å²) in [6.07, 6.45) is 0.0962. The third-order valence-electron chi connectivity index (χ3n) is 4.08. The highest BCUT2D eigenvalue weighted by atomic mass is 16.6. The Kier molecular flexibility index (Phi) is 3.73. The smallest absolute Gasteiger partial charge is 0.267 e. The number of carbonyl (C=O) groups is 1. The SMILES string of the molecule is O=C([C@H]1COc2ccccc2O1)N1CCC(O)(CO)CC1. The lowest BCUT2D eigenvalue weighted by Gasteiger charge is -2.38. The summed E-state index contributed by atoms with van der Waals surface area (Å²) in [5, 5.41) is 19.1. The van der Waals surface area contributed by atoms with Crippen molar-refractivity contribution in [3.8, 4) is 11.5 Å². The lowest BCUT2D eigenvalue weighted by Crippen LogP contribution is -2.53. The highest BCUT2D eigenvalue weighted by molar-refractivity contribution is 5.82. The van der Waals surface area contributed by atoms with Crippen molar-refractivity contribution in [2.45, 2.75) is 24.5 Å². The number of fused-ring (bicyclic) bond motifs is 1. The van der Waals surface area contributed by atoms with E-state index in [-0.39, 0.29) is 19.1 Å². The molecule has 0 saturated carbocycles. The monoisotopic (exact) mass is 293 g/mol. The normalized spacial score (nSPS) is 23.7. The van der Waals surface area contributed by atoms with Crippen LogP contribution in [-0.2, 0) is 4.79 Å². The van der Waals surface area contributed by atoms with Gasteiger partial charge in [-0.2, -0.15) is 0 Å². The molecule has 0 aliphatic carbocycles. The molecule has 1 fully saturated rings. The zero-order valence-electron chi connectivity index (χ0n) is 11.7. The number of piperidine rings is 1. The summed E-state index contributed by atoms with van der Waals surface area (Å²) < 4.78 is 11.2. The zero-order valence-corrected chi connectivity index (χ0v) is 11.7. The number of para-hydroxylation sites is 2. The summed E-state index contributed by atoms with van der Waals surface area (Å²) in [7, 11) is 0. The number of hydrogen-bond donors (Lipinski definition) is 2. The van der Waals surface area contributed by atoms with Gasteiger partial charge in [-0.15, -0.1) is 0 Å². The summed E-state index contributed by atoms with van der Waals surface area (Å²) in [6.45, 7) is 0.747. The molecule has 0 radical (unpaired) electrons. The number of amides is 1. The van der Waals surface area contributed by atoms with E-state index in [4.69, 9.17) is 14.6 Å². The first kappa shape index (κ1) is 14.2. The Hall–Kier alpha value is -1.79. The van der Waals surface area contributed by atoms with Gasteiger partial charge in [-0.05, 0) is 25.0 Å². The minimum absolute atomic E-state index is 0.135. The van der Waals surface area contributed by atoms with Gasteiger partial charge in [-0.25, -0.2) is 0 Å². The molecule has 21 heavy (non-hydrogen) atoms. The Balaban J connectivity index is 1.63. The number of carbonyl (C=O) groups excluding carboxylic acids is 1. The molecule has 2 aliphatic heterocycles. The fraction of sp³-hybridized carbons (Fsp3) is 0.533. The van der Waals surface area contributed by atoms with E-state index < -0.39 is 11.7 Å². The highest BCUT2D eigenvalue weighted by Crippen LogP contribution is 2.31. The van der Waals surface area contributed by atoms with E-state index in [1.165, 1.54) is 0 Å². The molecule has 1 aromatic rings. The lowest BCUT2D eigenvalue weighted by molar-refractivity contribution is -0.146. The maximum Gasteiger partial charge on any atom is 0.267 e. The van der Waals surface area contributed by atoms with E-state index in [2.05, 4.69) is 0 Å². The number of aliphatic hydroxyl groups is 2. The van der Waals surface area contributed by atoms with Crippen LogP contribution in [0.1, 0.15) is 12.8 Å². The second kappa shape index (κ2) is 5.54. The number of hydrogen-bond acceptors (Lipinski definition) is 5. The van der Waals surface area contributed by atoms with Crippen LogP contribution in [0.4, 0.5) is 0 Å². The topological polar surface area (TPSA) is 79.2 Å². The van der Waals surface area contributed by atoms with Gasteiger partial charge in [0.25, 0.3) is 5.91 Å². The van der Waals surface area contributed by atoms with Crippen molar-refractivity contribution in [1.82, 2.24) is 4.90 Å². The summed E-state index contributed by atoms with van der Waals surface area (Å²) in [5.41, 5.74) is -1.06. The molecule has 2 N–H and O–H groups in total. The molecule has 1 saturated heterocycles. The molecule has 114 valence electrons. The quantitative estimate of drug-likeness (QED) is 0.813. The van der Waals surface area contributed by atoms with E-state index in [0.717, 1.165) is 0 Å². The van der Waals surface area contributed by atoms with Crippen LogP contribution >= 0.6 is 0 Å². The molecule has 3 rings (SSSR count). The van der Waals surface area contributed by atoms with Gasteiger partial charge in [0.15, 0.2) is 11.5 Å². The third-order valence-corrected chi connectivity index (χ3v) is 4.08. The highest BCUT2D eigenvalue weighted by Gasteiger charge is 2.37. The predicted octanol–water partition coefficient (Wildman–Crippen LogP) is 0.172. The molecule has 6 heteroatoms. The predicted molar refractivity (Wildman–Crippen MR) is 74.2 cm³/mol. The Morgan fingerprint density at radius 3 is 2.62 bits per heavy atom. The van der Waals surface area contributed by atoms with Gasteiger partial charge in [0.05, 0.1) is 12.2 Å². The van der Waals surface area contributed by atoms with Crippen molar-refractivity contribution < 1.29 is 24.5 Å². The Morgan fingerprint density at radius 2 is 1.95 bits per heavy atom. The molecule has 1 aromatic carbocycles. The maximum atomic E-state index is 12.4. The molecular formula is C15H19NO5. The number of nitrogens with zero attached hydrogens (tertiary/aromatic N) is 1. The van der Waals surface area contributed by atoms with E-state index in [1.807, 2.05) is 12.1 Å². The van der Waals surface area contributed by atoms with E-state index in [9.17, 15) is 9.90 Å². The van der Waals surface area contributed by atoms with Gasteiger partial charge in [-0.1, -0.05) is 12.1 Å². The molecule has 0 unspecified atom stereocenters. The number of aliphatic hydroxyl groups excluding tert-OH is 1. The van der Waals surface area contributed by atoms with Crippen LogP contribution in [0.25, 0.3) is 0 Å². The molecule has 0 bridgehead atoms. The molecule has 2 heterocycles. The largest absolute Gasteiger partial charge is 0.485 e. The van der Waals surface area contributed by atoms with Crippen LogP contribution in [0.3, 0.4) is 0 Å². The van der Waals surface area contributed by atoms with Crippen molar-refractivity contribution >= 4 is 5.91 Å². The van der Waals surface area contributed by atoms with Crippen LogP contribution in [0.15, 0.2) is 24.3 Å². The second-order valence-electron chi connectivity index (χ2n) is 5.57. The minimum atomic E-state index is -1.06. The number of benzene rings is 1. The Morgan fingerprint density at radius 1 is 1.29 bits per heavy atom. The first-order chi connectivity index (χ1) is 10.1. The van der Waals surface area contributed by atoms with Crippen LogP contribution in [-0.4, -0.2) is 59.0 Å². The molecule has 2 aliphatic rings.